The van der Waals surface area contributed by atoms with Gasteiger partial charge in [0.15, 0.2) is 12.4 Å². The van der Waals surface area contributed by atoms with E-state index in [4.69, 9.17) is 10.5 Å². The normalized spacial score (nSPS) is 9.95. The van der Waals surface area contributed by atoms with Crippen molar-refractivity contribution in [3.05, 3.63) is 0 Å². The molecule has 6 nitrogen and oxygen atoms in total. The van der Waals surface area contributed by atoms with Crippen molar-refractivity contribution in [2.45, 2.75) is 194 Å². The van der Waals surface area contributed by atoms with Gasteiger partial charge in [0.05, 0.1) is 0 Å². The summed E-state index contributed by atoms with van der Waals surface area (Å²) in [5.41, 5.74) is 0. The average molecular weight is 601 g/mol. The van der Waals surface area contributed by atoms with E-state index in [1.165, 1.54) is 141 Å². The fraction of sp³-hybridized carbons (Fsp3) is 0.882. The van der Waals surface area contributed by atoms with Gasteiger partial charge in [0.1, 0.15) is 0 Å². The molecular formula is C34H64CaN4O2. The van der Waals surface area contributed by atoms with E-state index < -0.39 is 0 Å². The van der Waals surface area contributed by atoms with Crippen molar-refractivity contribution < 1.29 is 9.59 Å². The van der Waals surface area contributed by atoms with Crippen LogP contribution in [0.4, 0.5) is 0 Å². The van der Waals surface area contributed by atoms with Crippen LogP contribution in [0.5, 0.6) is 0 Å². The van der Waals surface area contributed by atoms with Crippen molar-refractivity contribution in [2.75, 3.05) is 0 Å². The molecule has 2 N–H and O–H groups in total. The van der Waals surface area contributed by atoms with Crippen LogP contribution in [0.25, 0.3) is 0 Å². The monoisotopic (exact) mass is 600 g/mol. The third-order valence-corrected chi connectivity index (χ3v) is 7.41. The molecule has 0 fully saturated rings. The Bertz CT molecular complexity index is 577. The van der Waals surface area contributed by atoms with E-state index >= 15 is 0 Å². The summed E-state index contributed by atoms with van der Waals surface area (Å²) in [6.45, 7) is 4.52. The standard InChI is InChI=1S/2C17H32N2O.Ca/c2*1-2-3-4-5-6-7-8-9-10-11-12-13-14-15-17(20)19-16-18;/h2*2-15H2,1H3,(H,19,20);. The second kappa shape index (κ2) is 41.3. The number of rotatable bonds is 28. The number of nitrogens with one attached hydrogen (secondary N) is 2. The molecule has 0 heterocycles. The van der Waals surface area contributed by atoms with E-state index in [0.717, 1.165) is 25.7 Å². The summed E-state index contributed by atoms with van der Waals surface area (Å²) in [6, 6.07) is 0. The Hall–Kier alpha value is -0.820. The molecule has 2 radical (unpaired) electrons. The van der Waals surface area contributed by atoms with Crippen LogP contribution in [0.3, 0.4) is 0 Å². The summed E-state index contributed by atoms with van der Waals surface area (Å²) in [7, 11) is 0. The topological polar surface area (TPSA) is 106 Å². The molecule has 0 saturated carbocycles. The van der Waals surface area contributed by atoms with Crippen molar-refractivity contribution in [3.8, 4) is 12.4 Å². The molecule has 0 aliphatic heterocycles. The first kappa shape index (κ1) is 44.6. The zero-order chi connectivity index (χ0) is 29.8. The third kappa shape index (κ3) is 43.8. The van der Waals surface area contributed by atoms with Gasteiger partial charge in [-0.3, -0.25) is 20.2 Å². The Kier molecular flexibility index (Phi) is 45.0. The van der Waals surface area contributed by atoms with Crippen molar-refractivity contribution in [3.63, 3.8) is 0 Å². The zero-order valence-corrected chi connectivity index (χ0v) is 29.4. The summed E-state index contributed by atoms with van der Waals surface area (Å²) >= 11 is 0. The summed E-state index contributed by atoms with van der Waals surface area (Å²) in [5, 5.41) is 20.8. The summed E-state index contributed by atoms with van der Waals surface area (Å²) in [6.07, 6.45) is 38.2. The van der Waals surface area contributed by atoms with Gasteiger partial charge < -0.3 is 0 Å². The number of nitrogens with zero attached hydrogens (tertiary/aromatic N) is 2. The molecule has 0 aromatic heterocycles. The third-order valence-electron chi connectivity index (χ3n) is 7.41. The van der Waals surface area contributed by atoms with Crippen LogP contribution >= 0.6 is 0 Å². The minimum atomic E-state index is -0.143. The second-order valence-corrected chi connectivity index (χ2v) is 11.3. The molecule has 0 spiro atoms. The average Bonchev–Trinajstić information content (AvgIpc) is 2.94. The molecule has 0 bridgehead atoms. The van der Waals surface area contributed by atoms with Gasteiger partial charge in [-0.1, -0.05) is 168 Å². The first-order chi connectivity index (χ1) is 19.6. The number of carbonyl (C=O) groups is 2. The molecule has 0 aliphatic carbocycles. The van der Waals surface area contributed by atoms with Crippen LogP contribution in [0.15, 0.2) is 0 Å². The predicted octanol–water partition coefficient (Wildman–Crippen LogP) is 9.75. The van der Waals surface area contributed by atoms with Crippen LogP contribution < -0.4 is 10.6 Å². The number of amides is 2. The van der Waals surface area contributed by atoms with E-state index in [1.54, 1.807) is 12.4 Å². The first-order valence-electron chi connectivity index (χ1n) is 17.0. The molecule has 0 unspecified atom stereocenters. The Balaban J connectivity index is -0.000000688. The molecule has 2 amide bonds. The maximum atomic E-state index is 11.0. The Morgan fingerprint density at radius 3 is 0.805 bits per heavy atom. The summed E-state index contributed by atoms with van der Waals surface area (Å²) in [4.78, 5) is 22.0. The Labute approximate surface area is 284 Å². The van der Waals surface area contributed by atoms with E-state index in [0.29, 0.717) is 12.8 Å². The first-order valence-corrected chi connectivity index (χ1v) is 17.0. The van der Waals surface area contributed by atoms with E-state index in [-0.39, 0.29) is 49.6 Å². The molecule has 41 heavy (non-hydrogen) atoms. The van der Waals surface area contributed by atoms with Crippen LogP contribution in [-0.4, -0.2) is 49.6 Å². The smallest absolute Gasteiger partial charge is 0.232 e. The number of hydrogen-bond acceptors (Lipinski definition) is 4. The van der Waals surface area contributed by atoms with Crippen LogP contribution in [0.1, 0.15) is 194 Å². The molecule has 0 aliphatic rings. The van der Waals surface area contributed by atoms with Gasteiger partial charge in [0.25, 0.3) is 0 Å². The molecule has 0 aromatic carbocycles. The molecule has 0 saturated heterocycles. The van der Waals surface area contributed by atoms with Crippen molar-refractivity contribution in [1.82, 2.24) is 10.6 Å². The molecule has 234 valence electrons. The van der Waals surface area contributed by atoms with Crippen molar-refractivity contribution in [1.29, 1.82) is 10.5 Å². The zero-order valence-electron chi connectivity index (χ0n) is 27.2. The van der Waals surface area contributed by atoms with E-state index in [1.807, 2.05) is 0 Å². The van der Waals surface area contributed by atoms with Gasteiger partial charge in [0.2, 0.25) is 11.8 Å². The van der Waals surface area contributed by atoms with Gasteiger partial charge in [0, 0.05) is 50.6 Å². The van der Waals surface area contributed by atoms with Gasteiger partial charge in [-0.25, -0.2) is 0 Å². The van der Waals surface area contributed by atoms with Gasteiger partial charge in [-0.15, -0.1) is 0 Å². The maximum absolute atomic E-state index is 11.0. The van der Waals surface area contributed by atoms with Gasteiger partial charge >= 0.3 is 0 Å². The van der Waals surface area contributed by atoms with Crippen LogP contribution in [-0.2, 0) is 9.59 Å². The van der Waals surface area contributed by atoms with Crippen LogP contribution in [0.2, 0.25) is 0 Å². The summed E-state index contributed by atoms with van der Waals surface area (Å²) < 4.78 is 0. The van der Waals surface area contributed by atoms with Gasteiger partial charge in [-0.2, -0.15) is 10.5 Å². The largest absolute Gasteiger partial charge is 0.274 e. The minimum Gasteiger partial charge on any atom is -0.274 e. The maximum Gasteiger partial charge on any atom is 0.232 e. The molecule has 0 atom stereocenters. The van der Waals surface area contributed by atoms with E-state index in [9.17, 15) is 9.59 Å². The number of nitriles is 2. The fourth-order valence-corrected chi connectivity index (χ4v) is 4.86. The van der Waals surface area contributed by atoms with Crippen molar-refractivity contribution in [2.24, 2.45) is 0 Å². The molecular weight excluding hydrogens is 536 g/mol. The SMILES string of the molecule is CCCCCCCCCCCCCCCC(=O)NC#N.CCCCCCCCCCCCCCCC(=O)NC#N.[Ca]. The minimum absolute atomic E-state index is 0. The Morgan fingerprint density at radius 2 is 0.610 bits per heavy atom. The Morgan fingerprint density at radius 1 is 0.415 bits per heavy atom. The van der Waals surface area contributed by atoms with Crippen LogP contribution in [0, 0.1) is 22.9 Å². The summed E-state index contributed by atoms with van der Waals surface area (Å²) in [5.74, 6) is -0.286. The molecule has 0 aromatic rings. The molecule has 7 heteroatoms. The second-order valence-electron chi connectivity index (χ2n) is 11.3. The number of carbonyl (C=O) groups excluding carboxylic acids is 2. The predicted molar refractivity (Wildman–Crippen MR) is 174 cm³/mol. The van der Waals surface area contributed by atoms with Gasteiger partial charge in [-0.05, 0) is 12.8 Å². The number of hydrogen-bond donors (Lipinski definition) is 2. The number of unbranched alkanes of at least 4 members (excludes halogenated alkanes) is 24. The molecule has 0 rings (SSSR count). The quantitative estimate of drug-likeness (QED) is 0.0403. The van der Waals surface area contributed by atoms with E-state index in [2.05, 4.69) is 24.5 Å². The van der Waals surface area contributed by atoms with Crippen molar-refractivity contribution >= 4 is 49.6 Å². The fourth-order valence-electron chi connectivity index (χ4n) is 4.86.